The van der Waals surface area contributed by atoms with Crippen LogP contribution in [-0.4, -0.2) is 49.6 Å². The van der Waals surface area contributed by atoms with Crippen molar-refractivity contribution in [3.8, 4) is 0 Å². The second kappa shape index (κ2) is 3.62. The van der Waals surface area contributed by atoms with E-state index in [0.717, 1.165) is 0 Å². The maximum absolute atomic E-state index is 11.7. The maximum Gasteiger partial charge on any atom is 0.244 e. The third-order valence-corrected chi connectivity index (χ3v) is 2.57. The molecule has 6 heteroatoms. The highest BCUT2D eigenvalue weighted by Crippen LogP contribution is 2.20. The van der Waals surface area contributed by atoms with E-state index in [1.165, 1.54) is 10.9 Å². The van der Waals surface area contributed by atoms with Gasteiger partial charge in [-0.05, 0) is 13.3 Å². The molecule has 0 radical (unpaired) electrons. The van der Waals surface area contributed by atoms with Gasteiger partial charge in [0.25, 0.3) is 0 Å². The minimum absolute atomic E-state index is 0.0294. The SMILES string of the molecule is CC1(O)CCN(C(=O)Cn2ccnn2)C1. The van der Waals surface area contributed by atoms with Gasteiger partial charge in [0.2, 0.25) is 5.91 Å². The first-order valence-electron chi connectivity index (χ1n) is 4.91. The van der Waals surface area contributed by atoms with E-state index in [1.54, 1.807) is 18.0 Å². The largest absolute Gasteiger partial charge is 0.388 e. The Labute approximate surface area is 87.5 Å². The minimum Gasteiger partial charge on any atom is -0.388 e. The van der Waals surface area contributed by atoms with Gasteiger partial charge in [-0.25, -0.2) is 4.68 Å². The average molecular weight is 210 g/mol. The maximum atomic E-state index is 11.7. The quantitative estimate of drug-likeness (QED) is 0.698. The summed E-state index contributed by atoms with van der Waals surface area (Å²) in [5.41, 5.74) is -0.738. The van der Waals surface area contributed by atoms with Crippen LogP contribution in [0.25, 0.3) is 0 Å². The zero-order valence-electron chi connectivity index (χ0n) is 8.63. The lowest BCUT2D eigenvalue weighted by Crippen LogP contribution is -2.35. The second-order valence-corrected chi connectivity index (χ2v) is 4.16. The highest BCUT2D eigenvalue weighted by Gasteiger charge is 2.33. The van der Waals surface area contributed by atoms with E-state index in [1.807, 2.05) is 0 Å². The van der Waals surface area contributed by atoms with Crippen LogP contribution in [0.1, 0.15) is 13.3 Å². The Hall–Kier alpha value is -1.43. The Morgan fingerprint density at radius 1 is 1.67 bits per heavy atom. The molecule has 0 aromatic carbocycles. The van der Waals surface area contributed by atoms with Gasteiger partial charge in [0, 0.05) is 19.3 Å². The molecular weight excluding hydrogens is 196 g/mol. The number of aliphatic hydroxyl groups is 1. The fraction of sp³-hybridized carbons (Fsp3) is 0.667. The van der Waals surface area contributed by atoms with Crippen LogP contribution < -0.4 is 0 Å². The number of carbonyl (C=O) groups excluding carboxylic acids is 1. The van der Waals surface area contributed by atoms with Gasteiger partial charge in [-0.1, -0.05) is 5.21 Å². The standard InChI is InChI=1S/C9H14N4O2/c1-9(15)2-4-12(7-9)8(14)6-13-5-3-10-11-13/h3,5,15H,2,4,6-7H2,1H3. The van der Waals surface area contributed by atoms with Gasteiger partial charge >= 0.3 is 0 Å². The number of amides is 1. The number of hydrogen-bond donors (Lipinski definition) is 1. The first-order chi connectivity index (χ1) is 7.07. The van der Waals surface area contributed by atoms with Crippen molar-refractivity contribution in [3.05, 3.63) is 12.4 Å². The van der Waals surface area contributed by atoms with Crippen LogP contribution in [0.4, 0.5) is 0 Å². The fourth-order valence-corrected chi connectivity index (χ4v) is 1.71. The number of carbonyl (C=O) groups is 1. The Kier molecular flexibility index (Phi) is 2.44. The van der Waals surface area contributed by atoms with E-state index >= 15 is 0 Å². The van der Waals surface area contributed by atoms with Crippen LogP contribution in [0.15, 0.2) is 12.4 Å². The van der Waals surface area contributed by atoms with Crippen molar-refractivity contribution in [1.82, 2.24) is 19.9 Å². The minimum atomic E-state index is -0.738. The molecule has 1 aromatic heterocycles. The van der Waals surface area contributed by atoms with E-state index in [4.69, 9.17) is 0 Å². The van der Waals surface area contributed by atoms with Crippen molar-refractivity contribution in [3.63, 3.8) is 0 Å². The molecule has 1 aliphatic heterocycles. The summed E-state index contributed by atoms with van der Waals surface area (Å²) in [5, 5.41) is 17.1. The second-order valence-electron chi connectivity index (χ2n) is 4.16. The summed E-state index contributed by atoms with van der Waals surface area (Å²) >= 11 is 0. The van der Waals surface area contributed by atoms with E-state index in [-0.39, 0.29) is 12.5 Å². The van der Waals surface area contributed by atoms with E-state index < -0.39 is 5.60 Å². The molecule has 1 N–H and O–H groups in total. The summed E-state index contributed by atoms with van der Waals surface area (Å²) in [4.78, 5) is 13.4. The highest BCUT2D eigenvalue weighted by molar-refractivity contribution is 5.76. The van der Waals surface area contributed by atoms with Crippen molar-refractivity contribution in [2.24, 2.45) is 0 Å². The predicted octanol–water partition coefficient (Wildman–Crippen LogP) is -0.739. The lowest BCUT2D eigenvalue weighted by atomic mass is 10.1. The molecule has 1 saturated heterocycles. The monoisotopic (exact) mass is 210 g/mol. The van der Waals surface area contributed by atoms with Crippen LogP contribution in [0, 0.1) is 0 Å². The van der Waals surface area contributed by atoms with Gasteiger partial charge in [0.05, 0.1) is 11.8 Å². The predicted molar refractivity (Wildman–Crippen MR) is 51.8 cm³/mol. The van der Waals surface area contributed by atoms with Crippen LogP contribution in [-0.2, 0) is 11.3 Å². The topological polar surface area (TPSA) is 71.2 Å². The summed E-state index contributed by atoms with van der Waals surface area (Å²) < 4.78 is 1.48. The summed E-state index contributed by atoms with van der Waals surface area (Å²) in [5.74, 6) is -0.0294. The molecule has 2 heterocycles. The molecule has 1 amide bonds. The van der Waals surface area contributed by atoms with Gasteiger partial charge in [0.15, 0.2) is 0 Å². The Morgan fingerprint density at radius 3 is 3.00 bits per heavy atom. The van der Waals surface area contributed by atoms with Gasteiger partial charge < -0.3 is 10.0 Å². The molecule has 15 heavy (non-hydrogen) atoms. The van der Waals surface area contributed by atoms with Gasteiger partial charge in [-0.3, -0.25) is 4.79 Å². The number of nitrogens with zero attached hydrogens (tertiary/aromatic N) is 4. The summed E-state index contributed by atoms with van der Waals surface area (Å²) in [6.07, 6.45) is 3.82. The Bertz CT molecular complexity index is 347. The molecule has 1 atom stereocenters. The number of rotatable bonds is 2. The van der Waals surface area contributed by atoms with Crippen molar-refractivity contribution in [2.75, 3.05) is 13.1 Å². The Balaban J connectivity index is 1.93. The normalized spacial score (nSPS) is 25.9. The van der Waals surface area contributed by atoms with Crippen LogP contribution in [0.5, 0.6) is 0 Å². The number of likely N-dealkylation sites (tertiary alicyclic amines) is 1. The number of β-amino-alcohol motifs (C(OH)–C–C–N with tert-alkyl or cyclic N) is 1. The third kappa shape index (κ3) is 2.33. The van der Waals surface area contributed by atoms with E-state index in [0.29, 0.717) is 19.5 Å². The number of aromatic nitrogens is 3. The molecule has 82 valence electrons. The van der Waals surface area contributed by atoms with Gasteiger partial charge in [-0.2, -0.15) is 0 Å². The van der Waals surface area contributed by atoms with E-state index in [9.17, 15) is 9.90 Å². The first kappa shape index (κ1) is 10.1. The van der Waals surface area contributed by atoms with Crippen LogP contribution in [0.3, 0.4) is 0 Å². The van der Waals surface area contributed by atoms with Crippen molar-refractivity contribution in [2.45, 2.75) is 25.5 Å². The summed E-state index contributed by atoms with van der Waals surface area (Å²) in [7, 11) is 0. The lowest BCUT2D eigenvalue weighted by molar-refractivity contribution is -0.131. The molecule has 1 unspecified atom stereocenters. The van der Waals surface area contributed by atoms with Crippen LogP contribution >= 0.6 is 0 Å². The molecule has 1 aliphatic rings. The van der Waals surface area contributed by atoms with E-state index in [2.05, 4.69) is 10.3 Å². The average Bonchev–Trinajstić information content (AvgIpc) is 2.74. The lowest BCUT2D eigenvalue weighted by Gasteiger charge is -2.18. The molecule has 1 fully saturated rings. The Morgan fingerprint density at radius 2 is 2.47 bits per heavy atom. The first-order valence-corrected chi connectivity index (χ1v) is 4.91. The summed E-state index contributed by atoms with van der Waals surface area (Å²) in [6.45, 7) is 2.95. The zero-order chi connectivity index (χ0) is 10.9. The molecular formula is C9H14N4O2. The highest BCUT2D eigenvalue weighted by atomic mass is 16.3. The fourth-order valence-electron chi connectivity index (χ4n) is 1.71. The van der Waals surface area contributed by atoms with Crippen molar-refractivity contribution in [1.29, 1.82) is 0 Å². The molecule has 1 aromatic rings. The van der Waals surface area contributed by atoms with Crippen molar-refractivity contribution < 1.29 is 9.90 Å². The van der Waals surface area contributed by atoms with Crippen molar-refractivity contribution >= 4 is 5.91 Å². The molecule has 2 rings (SSSR count). The van der Waals surface area contributed by atoms with Gasteiger partial charge in [0.1, 0.15) is 6.54 Å². The molecule has 0 saturated carbocycles. The third-order valence-electron chi connectivity index (χ3n) is 2.57. The molecule has 6 nitrogen and oxygen atoms in total. The van der Waals surface area contributed by atoms with Gasteiger partial charge in [-0.15, -0.1) is 5.10 Å². The molecule has 0 bridgehead atoms. The molecule has 0 spiro atoms. The van der Waals surface area contributed by atoms with Crippen LogP contribution in [0.2, 0.25) is 0 Å². The zero-order valence-corrected chi connectivity index (χ0v) is 8.63. The smallest absolute Gasteiger partial charge is 0.244 e. The summed E-state index contributed by atoms with van der Waals surface area (Å²) in [6, 6.07) is 0. The molecule has 0 aliphatic carbocycles. The number of hydrogen-bond acceptors (Lipinski definition) is 4.